The van der Waals surface area contributed by atoms with E-state index in [1.807, 2.05) is 6.92 Å². The molecule has 0 aliphatic rings. The summed E-state index contributed by atoms with van der Waals surface area (Å²) in [7, 11) is -1.59. The molecule has 1 aromatic carbocycles. The molecule has 1 rings (SSSR count). The molecule has 0 aliphatic heterocycles. The molecular formula is C9H12BFO2. The van der Waals surface area contributed by atoms with Crippen LogP contribution in [-0.4, -0.2) is 17.2 Å². The van der Waals surface area contributed by atoms with Crippen molar-refractivity contribution in [1.82, 2.24) is 0 Å². The van der Waals surface area contributed by atoms with Crippen molar-refractivity contribution >= 4 is 12.6 Å². The smallest absolute Gasteiger partial charge is 0.423 e. The Kier molecular flexibility index (Phi) is 3.45. The van der Waals surface area contributed by atoms with E-state index in [1.165, 1.54) is 6.07 Å². The van der Waals surface area contributed by atoms with Gasteiger partial charge >= 0.3 is 7.12 Å². The molecule has 2 nitrogen and oxygen atoms in total. The van der Waals surface area contributed by atoms with Crippen molar-refractivity contribution in [2.75, 3.05) is 0 Å². The highest BCUT2D eigenvalue weighted by Gasteiger charge is 2.12. The standard InChI is InChI=1S/C9H12BFO2/c1-2-3-7-4-5-8(10(12)13)6-9(7)11/h4-6,12-13H,2-3H2,1H3. The van der Waals surface area contributed by atoms with E-state index < -0.39 is 7.12 Å². The highest BCUT2D eigenvalue weighted by molar-refractivity contribution is 6.58. The van der Waals surface area contributed by atoms with Crippen LogP contribution < -0.4 is 5.46 Å². The maximum Gasteiger partial charge on any atom is 0.488 e. The predicted octanol–water partition coefficient (Wildman–Crippen LogP) is 0.458. The van der Waals surface area contributed by atoms with Crippen LogP contribution in [0.2, 0.25) is 0 Å². The largest absolute Gasteiger partial charge is 0.488 e. The Balaban J connectivity index is 2.92. The Morgan fingerprint density at radius 2 is 2.08 bits per heavy atom. The first kappa shape index (κ1) is 10.2. The molecule has 2 N–H and O–H groups in total. The minimum absolute atomic E-state index is 0.192. The van der Waals surface area contributed by atoms with Gasteiger partial charge in [0.2, 0.25) is 0 Å². The van der Waals surface area contributed by atoms with Crippen LogP contribution in [-0.2, 0) is 6.42 Å². The third-order valence-electron chi connectivity index (χ3n) is 1.89. The molecule has 1 aromatic rings. The second-order valence-electron chi connectivity index (χ2n) is 2.97. The van der Waals surface area contributed by atoms with Crippen molar-refractivity contribution in [3.8, 4) is 0 Å². The van der Waals surface area contributed by atoms with Gasteiger partial charge in [0.15, 0.2) is 0 Å². The Hall–Kier alpha value is -0.865. The van der Waals surface area contributed by atoms with Crippen LogP contribution in [0.5, 0.6) is 0 Å². The number of halogens is 1. The monoisotopic (exact) mass is 182 g/mol. The SMILES string of the molecule is CCCc1ccc(B(O)O)cc1F. The van der Waals surface area contributed by atoms with Crippen LogP contribution in [0.25, 0.3) is 0 Å². The van der Waals surface area contributed by atoms with Crippen LogP contribution >= 0.6 is 0 Å². The zero-order valence-electron chi connectivity index (χ0n) is 7.50. The first-order valence-corrected chi connectivity index (χ1v) is 4.29. The van der Waals surface area contributed by atoms with Gasteiger partial charge in [0.1, 0.15) is 5.82 Å². The number of aryl methyl sites for hydroxylation is 1. The summed E-state index contributed by atoms with van der Waals surface area (Å²) in [5.74, 6) is -0.368. The fourth-order valence-corrected chi connectivity index (χ4v) is 1.20. The molecule has 13 heavy (non-hydrogen) atoms. The van der Waals surface area contributed by atoms with Crippen molar-refractivity contribution in [2.24, 2.45) is 0 Å². The Morgan fingerprint density at radius 3 is 2.54 bits per heavy atom. The van der Waals surface area contributed by atoms with E-state index >= 15 is 0 Å². The summed E-state index contributed by atoms with van der Waals surface area (Å²) in [6.45, 7) is 1.97. The van der Waals surface area contributed by atoms with Crippen molar-refractivity contribution in [3.05, 3.63) is 29.6 Å². The maximum absolute atomic E-state index is 13.2. The lowest BCUT2D eigenvalue weighted by molar-refractivity contribution is 0.425. The predicted molar refractivity (Wildman–Crippen MR) is 50.2 cm³/mol. The third-order valence-corrected chi connectivity index (χ3v) is 1.89. The lowest BCUT2D eigenvalue weighted by Gasteiger charge is -2.03. The minimum atomic E-state index is -1.59. The van der Waals surface area contributed by atoms with Crippen LogP contribution in [0.3, 0.4) is 0 Å². The van der Waals surface area contributed by atoms with Gasteiger partial charge in [-0.2, -0.15) is 0 Å². The molecule has 0 fully saturated rings. The second kappa shape index (κ2) is 4.39. The van der Waals surface area contributed by atoms with Gasteiger partial charge in [-0.15, -0.1) is 0 Å². The highest BCUT2D eigenvalue weighted by atomic mass is 19.1. The summed E-state index contributed by atoms with van der Waals surface area (Å²) in [6, 6.07) is 4.28. The molecule has 0 radical (unpaired) electrons. The zero-order valence-corrected chi connectivity index (χ0v) is 7.50. The van der Waals surface area contributed by atoms with Gasteiger partial charge in [-0.3, -0.25) is 0 Å². The van der Waals surface area contributed by atoms with E-state index in [-0.39, 0.29) is 11.3 Å². The van der Waals surface area contributed by atoms with Gasteiger partial charge < -0.3 is 10.0 Å². The molecule has 0 bridgehead atoms. The molecule has 0 heterocycles. The molecule has 0 aliphatic carbocycles. The Morgan fingerprint density at radius 1 is 1.38 bits per heavy atom. The lowest BCUT2D eigenvalue weighted by Crippen LogP contribution is -2.30. The van der Waals surface area contributed by atoms with Crippen molar-refractivity contribution in [3.63, 3.8) is 0 Å². The van der Waals surface area contributed by atoms with Gasteiger partial charge in [0.25, 0.3) is 0 Å². The van der Waals surface area contributed by atoms with Crippen LogP contribution in [0.4, 0.5) is 4.39 Å². The summed E-state index contributed by atoms with van der Waals surface area (Å²) >= 11 is 0. The molecule has 0 saturated carbocycles. The molecule has 0 amide bonds. The van der Waals surface area contributed by atoms with Gasteiger partial charge in [-0.25, -0.2) is 4.39 Å². The molecule has 0 aromatic heterocycles. The van der Waals surface area contributed by atoms with Crippen LogP contribution in [0.1, 0.15) is 18.9 Å². The fourth-order valence-electron chi connectivity index (χ4n) is 1.20. The van der Waals surface area contributed by atoms with Crippen molar-refractivity contribution in [2.45, 2.75) is 19.8 Å². The molecule has 4 heteroatoms. The van der Waals surface area contributed by atoms with Gasteiger partial charge in [0, 0.05) is 0 Å². The molecule has 0 saturated heterocycles. The number of benzene rings is 1. The summed E-state index contributed by atoms with van der Waals surface area (Å²) in [5.41, 5.74) is 0.809. The molecule has 70 valence electrons. The van der Waals surface area contributed by atoms with Gasteiger partial charge in [-0.05, 0) is 23.5 Å². The number of hydrogen-bond acceptors (Lipinski definition) is 2. The summed E-state index contributed by atoms with van der Waals surface area (Å²) in [4.78, 5) is 0. The number of rotatable bonds is 3. The average molecular weight is 182 g/mol. The molecular weight excluding hydrogens is 170 g/mol. The Labute approximate surface area is 77.2 Å². The topological polar surface area (TPSA) is 40.5 Å². The van der Waals surface area contributed by atoms with E-state index in [1.54, 1.807) is 6.07 Å². The van der Waals surface area contributed by atoms with Gasteiger partial charge in [-0.1, -0.05) is 25.5 Å². The number of hydrogen-bond donors (Lipinski definition) is 2. The van der Waals surface area contributed by atoms with Gasteiger partial charge in [0.05, 0.1) is 0 Å². The second-order valence-corrected chi connectivity index (χ2v) is 2.97. The normalized spacial score (nSPS) is 10.2. The first-order chi connectivity index (χ1) is 6.15. The molecule has 0 spiro atoms. The molecule has 0 atom stereocenters. The van der Waals surface area contributed by atoms with E-state index in [4.69, 9.17) is 10.0 Å². The van der Waals surface area contributed by atoms with Crippen LogP contribution in [0, 0.1) is 5.82 Å². The van der Waals surface area contributed by atoms with E-state index in [0.29, 0.717) is 12.0 Å². The van der Waals surface area contributed by atoms with E-state index in [2.05, 4.69) is 0 Å². The average Bonchev–Trinajstić information content (AvgIpc) is 2.08. The highest BCUT2D eigenvalue weighted by Crippen LogP contribution is 2.07. The van der Waals surface area contributed by atoms with Crippen molar-refractivity contribution < 1.29 is 14.4 Å². The summed E-state index contributed by atoms with van der Waals surface area (Å²) < 4.78 is 13.2. The lowest BCUT2D eigenvalue weighted by atomic mass is 9.80. The third kappa shape index (κ3) is 2.54. The summed E-state index contributed by atoms with van der Waals surface area (Å²) in [5, 5.41) is 17.5. The van der Waals surface area contributed by atoms with E-state index in [0.717, 1.165) is 12.5 Å². The van der Waals surface area contributed by atoms with Crippen molar-refractivity contribution in [1.29, 1.82) is 0 Å². The summed E-state index contributed by atoms with van der Waals surface area (Å²) in [6.07, 6.45) is 1.55. The zero-order chi connectivity index (χ0) is 9.84. The Bertz CT molecular complexity index is 289. The van der Waals surface area contributed by atoms with Crippen LogP contribution in [0.15, 0.2) is 18.2 Å². The fraction of sp³-hybridized carbons (Fsp3) is 0.333. The maximum atomic E-state index is 13.2. The first-order valence-electron chi connectivity index (χ1n) is 4.29. The minimum Gasteiger partial charge on any atom is -0.423 e. The quantitative estimate of drug-likeness (QED) is 0.666. The van der Waals surface area contributed by atoms with E-state index in [9.17, 15) is 4.39 Å². The molecule has 0 unspecified atom stereocenters.